The van der Waals surface area contributed by atoms with Crippen LogP contribution in [0.25, 0.3) is 0 Å². The van der Waals surface area contributed by atoms with Crippen molar-refractivity contribution >= 4 is 0 Å². The first-order valence-corrected chi connectivity index (χ1v) is 14.8. The molecule has 1 heteroatoms. The quantitative estimate of drug-likeness (QED) is 0.254. The summed E-state index contributed by atoms with van der Waals surface area (Å²) in [4.78, 5) is 0. The van der Waals surface area contributed by atoms with Crippen LogP contribution in [0.3, 0.4) is 0 Å². The molecule has 1 aromatic rings. The van der Waals surface area contributed by atoms with E-state index in [1.807, 2.05) is 0 Å². The molecule has 2 aliphatic rings. The van der Waals surface area contributed by atoms with Crippen LogP contribution in [0.2, 0.25) is 0 Å². The summed E-state index contributed by atoms with van der Waals surface area (Å²) in [5.74, 6) is 5.68. The van der Waals surface area contributed by atoms with Crippen LogP contribution < -0.4 is 4.74 Å². The fourth-order valence-electron chi connectivity index (χ4n) is 6.33. The van der Waals surface area contributed by atoms with Crippen molar-refractivity contribution in [1.29, 1.82) is 0 Å². The lowest BCUT2D eigenvalue weighted by molar-refractivity contribution is 0.177. The lowest BCUT2D eigenvalue weighted by Crippen LogP contribution is -2.20. The second-order valence-corrected chi connectivity index (χ2v) is 12.1. The number of unbranched alkanes of at least 4 members (excludes halogenated alkanes) is 2. The molecule has 0 aliphatic heterocycles. The van der Waals surface area contributed by atoms with Gasteiger partial charge in [-0.15, -0.1) is 0 Å². The third-order valence-electron chi connectivity index (χ3n) is 8.79. The van der Waals surface area contributed by atoms with Gasteiger partial charge in [0.25, 0.3) is 0 Å². The van der Waals surface area contributed by atoms with E-state index >= 15 is 0 Å². The van der Waals surface area contributed by atoms with E-state index in [0.717, 1.165) is 41.9 Å². The Kier molecular flexibility index (Phi) is 12.2. The standard InChI is InChI=1S/C32H54O/c1-4-5-6-9-27-11-13-29(14-12-27)15-16-30-21-23-32(24-22-30)33-25-31-19-17-28(18-20-31)10-7-8-26(2)3/h21-24,26-29,31H,4-20,25H2,1-3H3. The van der Waals surface area contributed by atoms with E-state index in [1.165, 1.54) is 115 Å². The van der Waals surface area contributed by atoms with Crippen LogP contribution in [0.4, 0.5) is 0 Å². The van der Waals surface area contributed by atoms with Gasteiger partial charge in [0.15, 0.2) is 0 Å². The average molecular weight is 455 g/mol. The number of ether oxygens (including phenoxy) is 1. The highest BCUT2D eigenvalue weighted by Crippen LogP contribution is 2.35. The summed E-state index contributed by atoms with van der Waals surface area (Å²) in [6.07, 6.45) is 24.1. The van der Waals surface area contributed by atoms with Crippen LogP contribution >= 0.6 is 0 Å². The molecule has 0 N–H and O–H groups in total. The summed E-state index contributed by atoms with van der Waals surface area (Å²) >= 11 is 0. The van der Waals surface area contributed by atoms with Gasteiger partial charge >= 0.3 is 0 Å². The Hall–Kier alpha value is -0.980. The van der Waals surface area contributed by atoms with Gasteiger partial charge in [0.2, 0.25) is 0 Å². The maximum Gasteiger partial charge on any atom is 0.119 e. The molecule has 2 saturated carbocycles. The van der Waals surface area contributed by atoms with Crippen molar-refractivity contribution in [1.82, 2.24) is 0 Å². The van der Waals surface area contributed by atoms with Gasteiger partial charge in [0.05, 0.1) is 6.61 Å². The molecule has 3 rings (SSSR count). The fourth-order valence-corrected chi connectivity index (χ4v) is 6.33. The number of aryl methyl sites for hydroxylation is 1. The lowest BCUT2D eigenvalue weighted by atomic mass is 9.78. The maximum atomic E-state index is 6.19. The van der Waals surface area contributed by atoms with E-state index in [1.54, 1.807) is 0 Å². The Morgan fingerprint density at radius 1 is 0.697 bits per heavy atom. The van der Waals surface area contributed by atoms with Crippen molar-refractivity contribution in [3.63, 3.8) is 0 Å². The van der Waals surface area contributed by atoms with Gasteiger partial charge in [-0.1, -0.05) is 116 Å². The third kappa shape index (κ3) is 10.4. The van der Waals surface area contributed by atoms with Crippen LogP contribution in [0.15, 0.2) is 24.3 Å². The van der Waals surface area contributed by atoms with E-state index < -0.39 is 0 Å². The van der Waals surface area contributed by atoms with E-state index in [4.69, 9.17) is 4.74 Å². The smallest absolute Gasteiger partial charge is 0.119 e. The molecule has 0 bridgehead atoms. The summed E-state index contributed by atoms with van der Waals surface area (Å²) < 4.78 is 6.19. The highest BCUT2D eigenvalue weighted by Gasteiger charge is 2.22. The van der Waals surface area contributed by atoms with Crippen molar-refractivity contribution in [3.8, 4) is 5.75 Å². The first-order valence-electron chi connectivity index (χ1n) is 14.8. The molecule has 0 aromatic heterocycles. The molecule has 0 radical (unpaired) electrons. The topological polar surface area (TPSA) is 9.23 Å². The Bertz CT molecular complexity index is 602. The molecule has 188 valence electrons. The van der Waals surface area contributed by atoms with Gasteiger partial charge in [0, 0.05) is 0 Å². The molecule has 0 atom stereocenters. The van der Waals surface area contributed by atoms with Crippen molar-refractivity contribution in [3.05, 3.63) is 29.8 Å². The number of hydrogen-bond acceptors (Lipinski definition) is 1. The highest BCUT2D eigenvalue weighted by atomic mass is 16.5. The van der Waals surface area contributed by atoms with Gasteiger partial charge in [-0.2, -0.15) is 0 Å². The Balaban J connectivity index is 1.26. The molecule has 0 heterocycles. The molecule has 0 saturated heterocycles. The summed E-state index contributed by atoms with van der Waals surface area (Å²) in [6.45, 7) is 7.93. The second kappa shape index (κ2) is 15.1. The Morgan fingerprint density at radius 2 is 1.24 bits per heavy atom. The predicted molar refractivity (Wildman–Crippen MR) is 144 cm³/mol. The molecule has 0 unspecified atom stereocenters. The van der Waals surface area contributed by atoms with Gasteiger partial charge in [0.1, 0.15) is 5.75 Å². The Morgan fingerprint density at radius 3 is 1.82 bits per heavy atom. The molecular formula is C32H54O. The van der Waals surface area contributed by atoms with Crippen LogP contribution in [-0.4, -0.2) is 6.61 Å². The minimum Gasteiger partial charge on any atom is -0.493 e. The van der Waals surface area contributed by atoms with E-state index in [9.17, 15) is 0 Å². The summed E-state index contributed by atoms with van der Waals surface area (Å²) in [5, 5.41) is 0. The van der Waals surface area contributed by atoms with Crippen molar-refractivity contribution in [2.24, 2.45) is 29.6 Å². The number of hydrogen-bond donors (Lipinski definition) is 0. The average Bonchev–Trinajstić information content (AvgIpc) is 2.84. The first-order chi connectivity index (χ1) is 16.1. The van der Waals surface area contributed by atoms with Crippen LogP contribution in [0.5, 0.6) is 5.75 Å². The molecule has 2 aliphatic carbocycles. The monoisotopic (exact) mass is 454 g/mol. The lowest BCUT2D eigenvalue weighted by Gasteiger charge is -2.29. The fraction of sp³-hybridized carbons (Fsp3) is 0.812. The minimum absolute atomic E-state index is 0.767. The summed E-state index contributed by atoms with van der Waals surface area (Å²) in [5.41, 5.74) is 1.49. The maximum absolute atomic E-state index is 6.19. The Labute approximate surface area is 206 Å². The second-order valence-electron chi connectivity index (χ2n) is 12.1. The van der Waals surface area contributed by atoms with E-state index in [2.05, 4.69) is 45.0 Å². The molecule has 1 aromatic carbocycles. The van der Waals surface area contributed by atoms with E-state index in [-0.39, 0.29) is 0 Å². The molecule has 0 amide bonds. The first kappa shape index (κ1) is 26.6. The van der Waals surface area contributed by atoms with Crippen LogP contribution in [0, 0.1) is 29.6 Å². The molecule has 0 spiro atoms. The van der Waals surface area contributed by atoms with Gasteiger partial charge in [-0.05, 0) is 73.0 Å². The molecule has 2 fully saturated rings. The largest absolute Gasteiger partial charge is 0.493 e. The van der Waals surface area contributed by atoms with Crippen LogP contribution in [0.1, 0.15) is 129 Å². The van der Waals surface area contributed by atoms with Gasteiger partial charge < -0.3 is 4.74 Å². The zero-order valence-corrected chi connectivity index (χ0v) is 22.3. The van der Waals surface area contributed by atoms with Crippen molar-refractivity contribution in [2.75, 3.05) is 6.61 Å². The van der Waals surface area contributed by atoms with E-state index in [0.29, 0.717) is 0 Å². The SMILES string of the molecule is CCCCCC1CCC(CCc2ccc(OCC3CCC(CCCC(C)C)CC3)cc2)CC1. The van der Waals surface area contributed by atoms with Crippen molar-refractivity contribution in [2.45, 2.75) is 130 Å². The molecular weight excluding hydrogens is 400 g/mol. The summed E-state index contributed by atoms with van der Waals surface area (Å²) in [7, 11) is 0. The predicted octanol–water partition coefficient (Wildman–Crippen LogP) is 10.0. The molecule has 33 heavy (non-hydrogen) atoms. The minimum atomic E-state index is 0.767. The van der Waals surface area contributed by atoms with Crippen molar-refractivity contribution < 1.29 is 4.74 Å². The normalized spacial score (nSPS) is 25.9. The third-order valence-corrected chi connectivity index (χ3v) is 8.79. The highest BCUT2D eigenvalue weighted by molar-refractivity contribution is 5.27. The van der Waals surface area contributed by atoms with Gasteiger partial charge in [-0.3, -0.25) is 0 Å². The molecule has 1 nitrogen and oxygen atoms in total. The van der Waals surface area contributed by atoms with Crippen LogP contribution in [-0.2, 0) is 6.42 Å². The number of rotatable bonds is 14. The zero-order chi connectivity index (χ0) is 23.3. The summed E-state index contributed by atoms with van der Waals surface area (Å²) in [6, 6.07) is 9.07. The van der Waals surface area contributed by atoms with Gasteiger partial charge in [-0.25, -0.2) is 0 Å². The number of benzene rings is 1. The zero-order valence-electron chi connectivity index (χ0n) is 22.3.